The van der Waals surface area contributed by atoms with E-state index in [1.54, 1.807) is 11.3 Å². The number of benzene rings is 1. The third-order valence-corrected chi connectivity index (χ3v) is 3.02. The van der Waals surface area contributed by atoms with Crippen LogP contribution < -0.4 is 4.57 Å². The van der Waals surface area contributed by atoms with Gasteiger partial charge in [-0.25, -0.2) is 0 Å². The lowest BCUT2D eigenvalue weighted by Gasteiger charge is -1.90. The summed E-state index contributed by atoms with van der Waals surface area (Å²) in [6.45, 7) is 6.76. The summed E-state index contributed by atoms with van der Waals surface area (Å²) in [4.78, 5) is 0. The molecule has 66 valence electrons. The monoisotopic (exact) mass is 190 g/mol. The van der Waals surface area contributed by atoms with Crippen LogP contribution in [0.4, 0.5) is 0 Å². The number of fused-ring (bicyclic) bond motifs is 1. The van der Waals surface area contributed by atoms with Crippen LogP contribution in [0, 0.1) is 6.92 Å². The van der Waals surface area contributed by atoms with E-state index in [0.29, 0.717) is 0 Å². The molecule has 1 aromatic heterocycles. The second kappa shape index (κ2) is 3.30. The minimum Gasteiger partial charge on any atom is -0.185 e. The fourth-order valence-corrected chi connectivity index (χ4v) is 2.29. The van der Waals surface area contributed by atoms with Gasteiger partial charge in [-0.05, 0) is 24.6 Å². The third kappa shape index (κ3) is 1.49. The smallest absolute Gasteiger partial charge is 0.185 e. The zero-order valence-corrected chi connectivity index (χ0v) is 8.47. The number of hydrogen-bond donors (Lipinski definition) is 0. The Kier molecular flexibility index (Phi) is 2.15. The van der Waals surface area contributed by atoms with Gasteiger partial charge >= 0.3 is 0 Å². The molecule has 0 N–H and O–H groups in total. The summed E-state index contributed by atoms with van der Waals surface area (Å²) >= 11 is 1.78. The molecule has 2 rings (SSSR count). The van der Waals surface area contributed by atoms with Crippen LogP contribution in [-0.4, -0.2) is 0 Å². The molecule has 0 fully saturated rings. The molecule has 0 aliphatic rings. The number of rotatable bonds is 2. The Balaban J connectivity index is 2.64. The zero-order chi connectivity index (χ0) is 9.26. The van der Waals surface area contributed by atoms with E-state index in [0.717, 1.165) is 6.54 Å². The predicted octanol–water partition coefficient (Wildman–Crippen LogP) is 2.68. The van der Waals surface area contributed by atoms with Gasteiger partial charge in [-0.3, -0.25) is 0 Å². The molecule has 0 radical (unpaired) electrons. The molecular weight excluding hydrogens is 178 g/mol. The molecule has 0 aliphatic heterocycles. The van der Waals surface area contributed by atoms with Crippen molar-refractivity contribution in [1.29, 1.82) is 0 Å². The van der Waals surface area contributed by atoms with E-state index in [4.69, 9.17) is 0 Å². The highest BCUT2D eigenvalue weighted by atomic mass is 32.1. The summed E-state index contributed by atoms with van der Waals surface area (Å²) < 4.78 is 3.56. The first-order chi connectivity index (χ1) is 6.31. The van der Waals surface area contributed by atoms with Crippen LogP contribution in [0.5, 0.6) is 0 Å². The molecule has 0 amide bonds. The van der Waals surface area contributed by atoms with E-state index in [1.807, 2.05) is 6.08 Å². The average Bonchev–Trinajstić information content (AvgIpc) is 2.49. The summed E-state index contributed by atoms with van der Waals surface area (Å²) in [6.07, 6.45) is 1.93. The minimum absolute atomic E-state index is 0.892. The third-order valence-electron chi connectivity index (χ3n) is 2.06. The first kappa shape index (κ1) is 8.45. The Morgan fingerprint density at radius 3 is 3.15 bits per heavy atom. The summed E-state index contributed by atoms with van der Waals surface area (Å²) in [7, 11) is 0. The number of aryl methyl sites for hydroxylation is 1. The van der Waals surface area contributed by atoms with Crippen molar-refractivity contribution in [1.82, 2.24) is 0 Å². The maximum atomic E-state index is 3.75. The number of nitrogens with zero attached hydrogens (tertiary/aromatic N) is 1. The Hall–Kier alpha value is -1.15. The van der Waals surface area contributed by atoms with Gasteiger partial charge in [0.05, 0.1) is 0 Å². The van der Waals surface area contributed by atoms with Gasteiger partial charge in [0, 0.05) is 6.07 Å². The number of thiazole rings is 1. The lowest BCUT2D eigenvalue weighted by Crippen LogP contribution is -2.29. The molecule has 1 nitrogen and oxygen atoms in total. The number of aromatic nitrogens is 1. The molecule has 0 unspecified atom stereocenters. The first-order valence-corrected chi connectivity index (χ1v) is 5.17. The number of allylic oxidation sites excluding steroid dienone is 1. The molecule has 0 saturated carbocycles. The largest absolute Gasteiger partial charge is 0.226 e. The normalized spacial score (nSPS) is 10.5. The van der Waals surface area contributed by atoms with Gasteiger partial charge < -0.3 is 0 Å². The van der Waals surface area contributed by atoms with Crippen LogP contribution in [0.2, 0.25) is 0 Å². The summed E-state index contributed by atoms with van der Waals surface area (Å²) in [5, 5.41) is 0. The van der Waals surface area contributed by atoms with Crippen molar-refractivity contribution in [2.24, 2.45) is 0 Å². The maximum Gasteiger partial charge on any atom is 0.226 e. The van der Waals surface area contributed by atoms with Gasteiger partial charge in [-0.1, -0.05) is 24.0 Å². The Labute approximate surface area is 82.0 Å². The molecule has 0 saturated heterocycles. The SMILES string of the molecule is C=CC[n+]1csc2ccc(C)cc21. The zero-order valence-electron chi connectivity index (χ0n) is 7.66. The molecule has 0 bridgehead atoms. The fourth-order valence-electron chi connectivity index (χ4n) is 1.41. The van der Waals surface area contributed by atoms with Crippen molar-refractivity contribution in [3.8, 4) is 0 Å². The van der Waals surface area contributed by atoms with Gasteiger partial charge in [0.25, 0.3) is 0 Å². The van der Waals surface area contributed by atoms with Crippen molar-refractivity contribution in [2.45, 2.75) is 13.5 Å². The van der Waals surface area contributed by atoms with Crippen LogP contribution in [0.3, 0.4) is 0 Å². The van der Waals surface area contributed by atoms with E-state index >= 15 is 0 Å². The highest BCUT2D eigenvalue weighted by molar-refractivity contribution is 7.16. The highest BCUT2D eigenvalue weighted by Gasteiger charge is 2.09. The molecular formula is C11H12NS+. The predicted molar refractivity (Wildman–Crippen MR) is 57.0 cm³/mol. The van der Waals surface area contributed by atoms with Crippen molar-refractivity contribution in [2.75, 3.05) is 0 Å². The van der Waals surface area contributed by atoms with Gasteiger partial charge in [0.2, 0.25) is 11.0 Å². The van der Waals surface area contributed by atoms with E-state index < -0.39 is 0 Å². The quantitative estimate of drug-likeness (QED) is 0.506. The van der Waals surface area contributed by atoms with Crippen LogP contribution >= 0.6 is 11.3 Å². The lowest BCUT2D eigenvalue weighted by molar-refractivity contribution is -0.656. The summed E-state index contributed by atoms with van der Waals surface area (Å²) in [5.41, 5.74) is 4.76. The Bertz CT molecular complexity index is 442. The molecule has 0 aliphatic carbocycles. The fraction of sp³-hybridized carbons (Fsp3) is 0.182. The molecule has 13 heavy (non-hydrogen) atoms. The van der Waals surface area contributed by atoms with Gasteiger partial charge in [0.1, 0.15) is 4.70 Å². The van der Waals surface area contributed by atoms with E-state index in [1.165, 1.54) is 15.8 Å². The topological polar surface area (TPSA) is 3.88 Å². The molecule has 2 aromatic rings. The lowest BCUT2D eigenvalue weighted by atomic mass is 10.2. The molecule has 0 spiro atoms. The average molecular weight is 190 g/mol. The first-order valence-electron chi connectivity index (χ1n) is 4.29. The van der Waals surface area contributed by atoms with Crippen LogP contribution in [0.1, 0.15) is 5.56 Å². The van der Waals surface area contributed by atoms with Crippen LogP contribution in [0.25, 0.3) is 10.2 Å². The second-order valence-electron chi connectivity index (χ2n) is 3.14. The molecule has 0 atom stereocenters. The summed E-state index contributed by atoms with van der Waals surface area (Å²) in [6, 6.07) is 6.54. The van der Waals surface area contributed by atoms with Crippen molar-refractivity contribution >= 4 is 21.6 Å². The highest BCUT2D eigenvalue weighted by Crippen LogP contribution is 2.17. The van der Waals surface area contributed by atoms with E-state index in [9.17, 15) is 0 Å². The van der Waals surface area contributed by atoms with Crippen LogP contribution in [0.15, 0.2) is 36.4 Å². The Morgan fingerprint density at radius 1 is 1.54 bits per heavy atom. The van der Waals surface area contributed by atoms with Crippen molar-refractivity contribution < 1.29 is 4.57 Å². The van der Waals surface area contributed by atoms with Gasteiger partial charge in [-0.2, -0.15) is 4.57 Å². The second-order valence-corrected chi connectivity index (χ2v) is 4.02. The van der Waals surface area contributed by atoms with Crippen molar-refractivity contribution in [3.63, 3.8) is 0 Å². The standard InChI is InChI=1S/C11H12NS/c1-3-6-12-8-13-11-5-4-9(2)7-10(11)12/h3-5,7-8H,1,6H2,2H3/q+1. The van der Waals surface area contributed by atoms with Crippen LogP contribution in [-0.2, 0) is 6.54 Å². The molecule has 1 aromatic carbocycles. The maximum absolute atomic E-state index is 3.75. The van der Waals surface area contributed by atoms with E-state index in [-0.39, 0.29) is 0 Å². The Morgan fingerprint density at radius 2 is 2.38 bits per heavy atom. The summed E-state index contributed by atoms with van der Waals surface area (Å²) in [5.74, 6) is 0. The van der Waals surface area contributed by atoms with E-state index in [2.05, 4.69) is 41.8 Å². The van der Waals surface area contributed by atoms with Gasteiger partial charge in [-0.15, -0.1) is 0 Å². The minimum atomic E-state index is 0.892. The molecule has 2 heteroatoms. The van der Waals surface area contributed by atoms with Gasteiger partial charge in [0.15, 0.2) is 6.54 Å². The molecule has 1 heterocycles. The number of hydrogen-bond acceptors (Lipinski definition) is 1. The van der Waals surface area contributed by atoms with Crippen molar-refractivity contribution in [3.05, 3.63) is 41.9 Å².